The van der Waals surface area contributed by atoms with Crippen LogP contribution in [0.15, 0.2) is 48.5 Å². The van der Waals surface area contributed by atoms with Crippen LogP contribution in [-0.2, 0) is 0 Å². The second-order valence-electron chi connectivity index (χ2n) is 6.20. The smallest absolute Gasteiger partial charge is 0.173 e. The molecule has 2 N–H and O–H groups in total. The fourth-order valence-electron chi connectivity index (χ4n) is 2.80. The molecule has 27 heavy (non-hydrogen) atoms. The summed E-state index contributed by atoms with van der Waals surface area (Å²) in [5.41, 5.74) is 1.52. The number of hydrogen-bond donors (Lipinski definition) is 2. The summed E-state index contributed by atoms with van der Waals surface area (Å²) < 4.78 is 26.0. The van der Waals surface area contributed by atoms with Gasteiger partial charge in [-0.05, 0) is 79.4 Å². The topological polar surface area (TPSA) is 30.5 Å². The molecular weight excluding hydrogens is 386 g/mol. The highest BCUT2D eigenvalue weighted by Crippen LogP contribution is 2.13. The lowest BCUT2D eigenvalue weighted by atomic mass is 10.3. The van der Waals surface area contributed by atoms with Crippen molar-refractivity contribution in [2.45, 2.75) is 6.42 Å². The number of benzene rings is 2. The van der Waals surface area contributed by atoms with E-state index in [1.807, 2.05) is 0 Å². The third-order valence-electron chi connectivity index (χ3n) is 4.26. The molecule has 1 aliphatic heterocycles. The first-order valence-electron chi connectivity index (χ1n) is 8.64. The maximum absolute atomic E-state index is 13.0. The van der Waals surface area contributed by atoms with Gasteiger partial charge in [-0.25, -0.2) is 8.78 Å². The predicted molar refractivity (Wildman–Crippen MR) is 113 cm³/mol. The first-order chi connectivity index (χ1) is 13.0. The summed E-state index contributed by atoms with van der Waals surface area (Å²) in [6.45, 7) is 3.06. The zero-order chi connectivity index (χ0) is 19.2. The second-order valence-corrected chi connectivity index (χ2v) is 6.98. The van der Waals surface area contributed by atoms with Gasteiger partial charge in [0.05, 0.1) is 0 Å². The molecular formula is C19H20F2N4S2. The van der Waals surface area contributed by atoms with E-state index in [0.29, 0.717) is 10.2 Å². The minimum absolute atomic E-state index is 0.279. The van der Waals surface area contributed by atoms with E-state index in [1.165, 1.54) is 24.3 Å². The molecule has 3 rings (SSSR count). The Bertz CT molecular complexity index is 729. The van der Waals surface area contributed by atoms with Crippen LogP contribution < -0.4 is 10.6 Å². The molecule has 142 valence electrons. The molecule has 0 atom stereocenters. The van der Waals surface area contributed by atoms with Crippen molar-refractivity contribution in [1.82, 2.24) is 9.80 Å². The predicted octanol–water partition coefficient (Wildman–Crippen LogP) is 4.07. The summed E-state index contributed by atoms with van der Waals surface area (Å²) in [5, 5.41) is 7.51. The van der Waals surface area contributed by atoms with Gasteiger partial charge in [-0.2, -0.15) is 0 Å². The molecule has 1 saturated heterocycles. The lowest BCUT2D eigenvalue weighted by Crippen LogP contribution is -2.40. The fourth-order valence-corrected chi connectivity index (χ4v) is 3.40. The Hall–Kier alpha value is -2.32. The summed E-state index contributed by atoms with van der Waals surface area (Å²) in [6, 6.07) is 12.2. The van der Waals surface area contributed by atoms with Crippen molar-refractivity contribution < 1.29 is 8.78 Å². The summed E-state index contributed by atoms with van der Waals surface area (Å²) in [7, 11) is 0. The molecule has 1 heterocycles. The fraction of sp³-hybridized carbons (Fsp3) is 0.263. The molecule has 0 amide bonds. The van der Waals surface area contributed by atoms with Crippen molar-refractivity contribution in [2.24, 2.45) is 0 Å². The van der Waals surface area contributed by atoms with Gasteiger partial charge in [-0.3, -0.25) is 0 Å². The lowest BCUT2D eigenvalue weighted by molar-refractivity contribution is 0.418. The van der Waals surface area contributed by atoms with Crippen LogP contribution in [0.4, 0.5) is 20.2 Å². The Balaban J connectivity index is 1.53. The number of thiocarbonyl (C=S) groups is 2. The standard InChI is InChI=1S/C19H20F2N4S2/c20-14-2-6-16(7-3-14)22-18(26)24-10-1-11-25(13-12-24)19(27)23-17-8-4-15(21)5-9-17/h2-9H,1,10-13H2,(H,22,26)(H,23,27). The lowest BCUT2D eigenvalue weighted by Gasteiger charge is -2.26. The van der Waals surface area contributed by atoms with Crippen molar-refractivity contribution in [3.05, 3.63) is 60.2 Å². The molecule has 0 bridgehead atoms. The molecule has 0 unspecified atom stereocenters. The molecule has 0 radical (unpaired) electrons. The van der Waals surface area contributed by atoms with E-state index in [4.69, 9.17) is 24.4 Å². The third kappa shape index (κ3) is 5.58. The number of halogens is 2. The molecule has 2 aromatic carbocycles. The number of nitrogens with one attached hydrogen (secondary N) is 2. The van der Waals surface area contributed by atoms with E-state index in [9.17, 15) is 8.78 Å². The van der Waals surface area contributed by atoms with Crippen LogP contribution in [0.3, 0.4) is 0 Å². The minimum Gasteiger partial charge on any atom is -0.347 e. The largest absolute Gasteiger partial charge is 0.347 e. The summed E-state index contributed by atoms with van der Waals surface area (Å²) in [6.07, 6.45) is 0.899. The second kappa shape index (κ2) is 9.05. The van der Waals surface area contributed by atoms with E-state index in [1.54, 1.807) is 24.3 Å². The van der Waals surface area contributed by atoms with Crippen molar-refractivity contribution in [2.75, 3.05) is 36.8 Å². The van der Waals surface area contributed by atoms with Crippen LogP contribution in [0, 0.1) is 11.6 Å². The zero-order valence-electron chi connectivity index (χ0n) is 14.6. The van der Waals surface area contributed by atoms with Gasteiger partial charge in [-0.15, -0.1) is 0 Å². The first kappa shape index (κ1) is 19.4. The molecule has 4 nitrogen and oxygen atoms in total. The van der Waals surface area contributed by atoms with Crippen molar-refractivity contribution >= 4 is 46.0 Å². The molecule has 0 saturated carbocycles. The Morgan fingerprint density at radius 2 is 1.04 bits per heavy atom. The Labute approximate surface area is 168 Å². The number of nitrogens with zero attached hydrogens (tertiary/aromatic N) is 2. The summed E-state index contributed by atoms with van der Waals surface area (Å²) in [5.74, 6) is -0.557. The van der Waals surface area contributed by atoms with Crippen LogP contribution in [0.2, 0.25) is 0 Å². The van der Waals surface area contributed by atoms with E-state index in [0.717, 1.165) is 44.0 Å². The highest BCUT2D eigenvalue weighted by atomic mass is 32.1. The van der Waals surface area contributed by atoms with Gasteiger partial charge in [-0.1, -0.05) is 0 Å². The maximum Gasteiger partial charge on any atom is 0.173 e. The molecule has 2 aromatic rings. The normalized spacial score (nSPS) is 14.4. The minimum atomic E-state index is -0.279. The molecule has 0 spiro atoms. The van der Waals surface area contributed by atoms with Crippen LogP contribution in [0.1, 0.15) is 6.42 Å². The summed E-state index contributed by atoms with van der Waals surface area (Å²) in [4.78, 5) is 4.17. The van der Waals surface area contributed by atoms with E-state index >= 15 is 0 Å². The number of hydrogen-bond acceptors (Lipinski definition) is 2. The van der Waals surface area contributed by atoms with E-state index in [-0.39, 0.29) is 11.6 Å². The van der Waals surface area contributed by atoms with Crippen LogP contribution >= 0.6 is 24.4 Å². The van der Waals surface area contributed by atoms with Crippen LogP contribution in [0.5, 0.6) is 0 Å². The molecule has 1 fully saturated rings. The zero-order valence-corrected chi connectivity index (χ0v) is 16.3. The SMILES string of the molecule is Fc1ccc(NC(=S)N2CCCN(C(=S)Nc3ccc(F)cc3)CC2)cc1. The van der Waals surface area contributed by atoms with Crippen LogP contribution in [-0.4, -0.2) is 46.2 Å². The molecule has 8 heteroatoms. The Morgan fingerprint density at radius 3 is 1.41 bits per heavy atom. The van der Waals surface area contributed by atoms with Gasteiger partial charge in [0.2, 0.25) is 0 Å². The Morgan fingerprint density at radius 1 is 0.667 bits per heavy atom. The molecule has 0 aromatic heterocycles. The van der Waals surface area contributed by atoms with Gasteiger partial charge in [0.15, 0.2) is 10.2 Å². The quantitative estimate of drug-likeness (QED) is 0.732. The Kier molecular flexibility index (Phi) is 6.52. The molecule has 0 aliphatic carbocycles. The summed E-state index contributed by atoms with van der Waals surface area (Å²) >= 11 is 11.0. The maximum atomic E-state index is 13.0. The average Bonchev–Trinajstić information content (AvgIpc) is 2.92. The highest BCUT2D eigenvalue weighted by Gasteiger charge is 2.19. The van der Waals surface area contributed by atoms with Gasteiger partial charge in [0.1, 0.15) is 11.6 Å². The van der Waals surface area contributed by atoms with Gasteiger partial charge in [0, 0.05) is 37.6 Å². The molecule has 1 aliphatic rings. The highest BCUT2D eigenvalue weighted by molar-refractivity contribution is 7.80. The van der Waals surface area contributed by atoms with Crippen molar-refractivity contribution in [1.29, 1.82) is 0 Å². The third-order valence-corrected chi connectivity index (χ3v) is 4.98. The number of rotatable bonds is 2. The van der Waals surface area contributed by atoms with E-state index in [2.05, 4.69) is 20.4 Å². The van der Waals surface area contributed by atoms with Crippen molar-refractivity contribution in [3.8, 4) is 0 Å². The van der Waals surface area contributed by atoms with Gasteiger partial charge in [0.25, 0.3) is 0 Å². The van der Waals surface area contributed by atoms with Crippen LogP contribution in [0.25, 0.3) is 0 Å². The average molecular weight is 407 g/mol. The first-order valence-corrected chi connectivity index (χ1v) is 9.46. The monoisotopic (exact) mass is 406 g/mol. The number of anilines is 2. The van der Waals surface area contributed by atoms with Gasteiger partial charge >= 0.3 is 0 Å². The van der Waals surface area contributed by atoms with Gasteiger partial charge < -0.3 is 20.4 Å². The van der Waals surface area contributed by atoms with Crippen molar-refractivity contribution in [3.63, 3.8) is 0 Å². The van der Waals surface area contributed by atoms with E-state index < -0.39 is 0 Å².